The Morgan fingerprint density at radius 2 is 0.784 bits per heavy atom. The second-order valence-electron chi connectivity index (χ2n) is 16.2. The number of aliphatic hydroxyl groups is 2. The molecule has 0 rings (SSSR count). The van der Waals surface area contributed by atoms with Crippen molar-refractivity contribution in [2.45, 2.75) is 276 Å². The van der Waals surface area contributed by atoms with E-state index in [2.05, 4.69) is 31.3 Å². The Bertz CT molecular complexity index is 695. The van der Waals surface area contributed by atoms with Gasteiger partial charge >= 0.3 is 0 Å². The average molecular weight is 720 g/mol. The third kappa shape index (κ3) is 40.2. The third-order valence-corrected chi connectivity index (χ3v) is 11.0. The van der Waals surface area contributed by atoms with Gasteiger partial charge in [0.1, 0.15) is 0 Å². The molecule has 0 aromatic carbocycles. The van der Waals surface area contributed by atoms with E-state index in [1.807, 2.05) is 0 Å². The van der Waals surface area contributed by atoms with Crippen LogP contribution in [0, 0.1) is 0 Å². The van der Waals surface area contributed by atoms with Gasteiger partial charge in [-0.25, -0.2) is 0 Å². The van der Waals surface area contributed by atoms with Gasteiger partial charge in [-0.05, 0) is 32.1 Å². The number of amides is 1. The Labute approximate surface area is 320 Å². The molecule has 0 aliphatic heterocycles. The first-order valence-corrected chi connectivity index (χ1v) is 23.4. The molecule has 0 fully saturated rings. The van der Waals surface area contributed by atoms with Crippen LogP contribution in [0.25, 0.3) is 0 Å². The topological polar surface area (TPSA) is 69.6 Å². The molecule has 0 aliphatic rings. The van der Waals surface area contributed by atoms with Crippen molar-refractivity contribution in [1.29, 1.82) is 0 Å². The highest BCUT2D eigenvalue weighted by Gasteiger charge is 2.20. The first-order valence-electron chi connectivity index (χ1n) is 23.4. The van der Waals surface area contributed by atoms with E-state index in [9.17, 15) is 15.0 Å². The SMILES string of the molecule is CCC/C=C\CCCCCCCC(=O)NC(CO)C(O)CCCCCCCCCCCCCCCCCCCCCCCCCCCCCCC. The number of carbonyl (C=O) groups is 1. The molecule has 0 saturated heterocycles. The maximum absolute atomic E-state index is 12.3. The monoisotopic (exact) mass is 720 g/mol. The summed E-state index contributed by atoms with van der Waals surface area (Å²) in [4.78, 5) is 12.3. The molecule has 1 amide bonds. The number of aliphatic hydroxyl groups excluding tert-OH is 2. The lowest BCUT2D eigenvalue weighted by Gasteiger charge is -2.22. The zero-order valence-electron chi connectivity index (χ0n) is 34.9. The van der Waals surface area contributed by atoms with Gasteiger partial charge in [0.05, 0.1) is 18.8 Å². The molecule has 51 heavy (non-hydrogen) atoms. The number of allylic oxidation sites excluding steroid dienone is 2. The molecular formula is C47H93NO3. The number of hydrogen-bond donors (Lipinski definition) is 3. The quantitative estimate of drug-likeness (QED) is 0.0434. The number of nitrogens with one attached hydrogen (secondary N) is 1. The fraction of sp³-hybridized carbons (Fsp3) is 0.936. The minimum Gasteiger partial charge on any atom is -0.394 e. The minimum absolute atomic E-state index is 0.0406. The van der Waals surface area contributed by atoms with Crippen LogP contribution < -0.4 is 5.32 Å². The second kappa shape index (κ2) is 43.5. The second-order valence-corrected chi connectivity index (χ2v) is 16.2. The normalized spacial score (nSPS) is 12.9. The van der Waals surface area contributed by atoms with Crippen molar-refractivity contribution in [3.05, 3.63) is 12.2 Å². The molecular weight excluding hydrogens is 627 g/mol. The fourth-order valence-corrected chi connectivity index (χ4v) is 7.42. The maximum atomic E-state index is 12.3. The minimum atomic E-state index is -0.659. The van der Waals surface area contributed by atoms with Crippen LogP contribution >= 0.6 is 0 Å². The number of rotatable bonds is 43. The van der Waals surface area contributed by atoms with Gasteiger partial charge in [0.2, 0.25) is 5.91 Å². The summed E-state index contributed by atoms with van der Waals surface area (Å²) in [5.74, 6) is -0.0406. The van der Waals surface area contributed by atoms with E-state index in [0.29, 0.717) is 12.8 Å². The summed E-state index contributed by atoms with van der Waals surface area (Å²) in [6, 6.07) is -0.536. The standard InChI is InChI=1S/C47H93NO3/c1-3-5-7-9-11-13-15-16-17-18-19-20-21-22-23-24-25-26-27-28-29-30-31-32-33-34-36-38-40-42-46(50)45(44-49)48-47(51)43-41-39-37-35-14-12-10-8-6-4-2/h8,10,45-46,49-50H,3-7,9,11-44H2,1-2H3,(H,48,51)/b10-8-. The van der Waals surface area contributed by atoms with Gasteiger partial charge in [0.15, 0.2) is 0 Å². The summed E-state index contributed by atoms with van der Waals surface area (Å²) in [6.45, 7) is 4.31. The lowest BCUT2D eigenvalue weighted by atomic mass is 10.0. The maximum Gasteiger partial charge on any atom is 0.220 e. The zero-order valence-corrected chi connectivity index (χ0v) is 34.9. The van der Waals surface area contributed by atoms with Gasteiger partial charge < -0.3 is 15.5 Å². The first kappa shape index (κ1) is 50.1. The molecule has 0 aromatic heterocycles. The molecule has 4 nitrogen and oxygen atoms in total. The molecule has 0 bridgehead atoms. The number of unbranched alkanes of at least 4 members (excludes halogenated alkanes) is 34. The fourth-order valence-electron chi connectivity index (χ4n) is 7.42. The third-order valence-electron chi connectivity index (χ3n) is 11.0. The predicted molar refractivity (Wildman–Crippen MR) is 226 cm³/mol. The summed E-state index contributed by atoms with van der Waals surface area (Å²) in [5, 5.41) is 23.1. The van der Waals surface area contributed by atoms with Gasteiger partial charge in [-0.1, -0.05) is 238 Å². The van der Waals surface area contributed by atoms with Crippen molar-refractivity contribution in [3.63, 3.8) is 0 Å². The highest BCUT2D eigenvalue weighted by molar-refractivity contribution is 5.76. The molecule has 0 aromatic rings. The van der Waals surface area contributed by atoms with E-state index in [1.165, 1.54) is 205 Å². The molecule has 0 heterocycles. The summed E-state index contributed by atoms with van der Waals surface area (Å²) in [6.07, 6.45) is 54.7. The van der Waals surface area contributed by atoms with Gasteiger partial charge in [0, 0.05) is 6.42 Å². The van der Waals surface area contributed by atoms with Crippen LogP contribution in [0.2, 0.25) is 0 Å². The van der Waals surface area contributed by atoms with E-state index in [4.69, 9.17) is 0 Å². The number of carbonyl (C=O) groups excluding carboxylic acids is 1. The van der Waals surface area contributed by atoms with Crippen LogP contribution in [-0.4, -0.2) is 34.9 Å². The zero-order chi connectivity index (χ0) is 37.1. The molecule has 0 saturated carbocycles. The highest BCUT2D eigenvalue weighted by Crippen LogP contribution is 2.17. The summed E-state index contributed by atoms with van der Waals surface area (Å²) >= 11 is 0. The molecule has 0 aliphatic carbocycles. The Kier molecular flexibility index (Phi) is 42.8. The van der Waals surface area contributed by atoms with Crippen LogP contribution in [0.1, 0.15) is 264 Å². The molecule has 2 unspecified atom stereocenters. The van der Waals surface area contributed by atoms with Gasteiger partial charge in [-0.3, -0.25) is 4.79 Å². The van der Waals surface area contributed by atoms with Crippen molar-refractivity contribution >= 4 is 5.91 Å². The predicted octanol–water partition coefficient (Wildman–Crippen LogP) is 14.6. The molecule has 0 radical (unpaired) electrons. The van der Waals surface area contributed by atoms with Crippen molar-refractivity contribution in [2.75, 3.05) is 6.61 Å². The summed E-state index contributed by atoms with van der Waals surface area (Å²) in [5.41, 5.74) is 0. The lowest BCUT2D eigenvalue weighted by molar-refractivity contribution is -0.123. The van der Waals surface area contributed by atoms with Crippen molar-refractivity contribution in [1.82, 2.24) is 5.32 Å². The van der Waals surface area contributed by atoms with Crippen LogP contribution in [0.15, 0.2) is 12.2 Å². The largest absolute Gasteiger partial charge is 0.394 e. The summed E-state index contributed by atoms with van der Waals surface area (Å²) < 4.78 is 0. The Hall–Kier alpha value is -0.870. The molecule has 2 atom stereocenters. The smallest absolute Gasteiger partial charge is 0.220 e. The first-order chi connectivity index (χ1) is 25.2. The highest BCUT2D eigenvalue weighted by atomic mass is 16.3. The number of hydrogen-bond acceptors (Lipinski definition) is 3. The summed E-state index contributed by atoms with van der Waals surface area (Å²) in [7, 11) is 0. The van der Waals surface area contributed by atoms with E-state index >= 15 is 0 Å². The van der Waals surface area contributed by atoms with Gasteiger partial charge in [-0.2, -0.15) is 0 Å². The van der Waals surface area contributed by atoms with E-state index in [1.54, 1.807) is 0 Å². The van der Waals surface area contributed by atoms with Gasteiger partial charge in [-0.15, -0.1) is 0 Å². The molecule has 3 N–H and O–H groups in total. The van der Waals surface area contributed by atoms with Crippen molar-refractivity contribution in [3.8, 4) is 0 Å². The van der Waals surface area contributed by atoms with E-state index in [0.717, 1.165) is 32.1 Å². The average Bonchev–Trinajstić information content (AvgIpc) is 3.13. The van der Waals surface area contributed by atoms with Crippen LogP contribution in [0.4, 0.5) is 0 Å². The molecule has 304 valence electrons. The van der Waals surface area contributed by atoms with Crippen molar-refractivity contribution in [2.24, 2.45) is 0 Å². The Balaban J connectivity index is 3.37. The van der Waals surface area contributed by atoms with E-state index in [-0.39, 0.29) is 12.5 Å². The van der Waals surface area contributed by atoms with Crippen LogP contribution in [-0.2, 0) is 4.79 Å². The Morgan fingerprint density at radius 1 is 0.451 bits per heavy atom. The molecule has 4 heteroatoms. The van der Waals surface area contributed by atoms with Crippen LogP contribution in [0.5, 0.6) is 0 Å². The Morgan fingerprint density at radius 3 is 1.16 bits per heavy atom. The van der Waals surface area contributed by atoms with Crippen molar-refractivity contribution < 1.29 is 15.0 Å². The van der Waals surface area contributed by atoms with Crippen LogP contribution in [0.3, 0.4) is 0 Å². The van der Waals surface area contributed by atoms with E-state index < -0.39 is 12.1 Å². The lowest BCUT2D eigenvalue weighted by Crippen LogP contribution is -2.45. The van der Waals surface area contributed by atoms with Gasteiger partial charge in [0.25, 0.3) is 0 Å². The molecule has 0 spiro atoms.